The first-order chi connectivity index (χ1) is 9.46. The topological polar surface area (TPSA) is 58.6 Å². The van der Waals surface area contributed by atoms with E-state index in [1.807, 2.05) is 6.92 Å². The molecule has 0 atom stereocenters. The first-order valence-electron chi connectivity index (χ1n) is 6.00. The molecule has 110 valence electrons. The molecule has 0 aliphatic carbocycles. The predicted molar refractivity (Wildman–Crippen MR) is 74.2 cm³/mol. The number of nitrogens with zero attached hydrogens (tertiary/aromatic N) is 1. The molecule has 0 unspecified atom stereocenters. The highest BCUT2D eigenvalue weighted by molar-refractivity contribution is 6.33. The predicted octanol–water partition coefficient (Wildman–Crippen LogP) is 1.91. The quantitative estimate of drug-likeness (QED) is 0.816. The van der Waals surface area contributed by atoms with Gasteiger partial charge in [-0.1, -0.05) is 18.5 Å². The average molecular weight is 303 g/mol. The third kappa shape index (κ3) is 5.14. The Morgan fingerprint density at radius 2 is 2.10 bits per heavy atom. The minimum absolute atomic E-state index is 0.0132. The second-order valence-corrected chi connectivity index (χ2v) is 4.46. The molecule has 0 heterocycles. The van der Waals surface area contributed by atoms with Crippen molar-refractivity contribution in [3.8, 4) is 0 Å². The first-order valence-corrected chi connectivity index (χ1v) is 6.38. The number of anilines is 1. The lowest BCUT2D eigenvalue weighted by Crippen LogP contribution is -2.37. The van der Waals surface area contributed by atoms with Crippen molar-refractivity contribution in [3.63, 3.8) is 0 Å². The molecule has 1 amide bonds. The number of halogens is 2. The first kappa shape index (κ1) is 16.4. The molecular weight excluding hydrogens is 287 g/mol. The SMILES string of the molecule is CCN(CC(=O)Nc1ccc(F)cc1Cl)CC(=O)OC. The van der Waals surface area contributed by atoms with E-state index in [2.05, 4.69) is 10.1 Å². The molecule has 20 heavy (non-hydrogen) atoms. The van der Waals surface area contributed by atoms with Gasteiger partial charge in [0.1, 0.15) is 5.82 Å². The fourth-order valence-corrected chi connectivity index (χ4v) is 1.72. The van der Waals surface area contributed by atoms with Gasteiger partial charge in [-0.3, -0.25) is 14.5 Å². The van der Waals surface area contributed by atoms with Crippen molar-refractivity contribution < 1.29 is 18.7 Å². The Hall–Kier alpha value is -1.66. The van der Waals surface area contributed by atoms with Gasteiger partial charge < -0.3 is 10.1 Å². The van der Waals surface area contributed by atoms with Crippen molar-refractivity contribution in [2.75, 3.05) is 32.1 Å². The van der Waals surface area contributed by atoms with E-state index in [1.54, 1.807) is 4.90 Å². The van der Waals surface area contributed by atoms with Crippen molar-refractivity contribution in [2.45, 2.75) is 6.92 Å². The molecule has 0 aliphatic heterocycles. The van der Waals surface area contributed by atoms with E-state index >= 15 is 0 Å². The standard InChI is InChI=1S/C13H16ClFN2O3/c1-3-17(8-13(19)20-2)7-12(18)16-11-5-4-9(15)6-10(11)14/h4-6H,3,7-8H2,1-2H3,(H,16,18). The number of benzene rings is 1. The maximum atomic E-state index is 12.9. The summed E-state index contributed by atoms with van der Waals surface area (Å²) in [7, 11) is 1.29. The van der Waals surface area contributed by atoms with Crippen LogP contribution in [0, 0.1) is 5.82 Å². The lowest BCUT2D eigenvalue weighted by Gasteiger charge is -2.18. The van der Waals surface area contributed by atoms with Gasteiger partial charge in [-0.25, -0.2) is 4.39 Å². The normalized spacial score (nSPS) is 10.4. The van der Waals surface area contributed by atoms with Gasteiger partial charge in [0.15, 0.2) is 0 Å². The van der Waals surface area contributed by atoms with Gasteiger partial charge in [-0.2, -0.15) is 0 Å². The lowest BCUT2D eigenvalue weighted by molar-refractivity contribution is -0.142. The molecule has 0 radical (unpaired) electrons. The maximum absolute atomic E-state index is 12.9. The monoisotopic (exact) mass is 302 g/mol. The van der Waals surface area contributed by atoms with Crippen molar-refractivity contribution in [1.29, 1.82) is 0 Å². The van der Waals surface area contributed by atoms with Gasteiger partial charge in [0.2, 0.25) is 5.91 Å². The molecule has 0 saturated carbocycles. The van der Waals surface area contributed by atoms with Crippen molar-refractivity contribution in [3.05, 3.63) is 29.0 Å². The Labute approximate surface area is 121 Å². The van der Waals surface area contributed by atoms with Crippen LogP contribution in [0.25, 0.3) is 0 Å². The summed E-state index contributed by atoms with van der Waals surface area (Å²) in [4.78, 5) is 24.6. The summed E-state index contributed by atoms with van der Waals surface area (Å²) in [6.45, 7) is 2.37. The molecule has 0 fully saturated rings. The number of hydrogen-bond acceptors (Lipinski definition) is 4. The number of likely N-dealkylation sites (N-methyl/N-ethyl adjacent to an activating group) is 1. The number of carbonyl (C=O) groups is 2. The molecule has 5 nitrogen and oxygen atoms in total. The summed E-state index contributed by atoms with van der Waals surface area (Å²) in [6.07, 6.45) is 0. The summed E-state index contributed by atoms with van der Waals surface area (Å²) < 4.78 is 17.4. The van der Waals surface area contributed by atoms with Crippen LogP contribution in [0.2, 0.25) is 5.02 Å². The van der Waals surface area contributed by atoms with Crippen molar-refractivity contribution in [1.82, 2.24) is 4.90 Å². The fraction of sp³-hybridized carbons (Fsp3) is 0.385. The minimum Gasteiger partial charge on any atom is -0.468 e. The van der Waals surface area contributed by atoms with Gasteiger partial charge in [-0.15, -0.1) is 0 Å². The van der Waals surface area contributed by atoms with E-state index in [1.165, 1.54) is 19.2 Å². The Bertz CT molecular complexity index is 497. The summed E-state index contributed by atoms with van der Waals surface area (Å²) >= 11 is 5.81. The summed E-state index contributed by atoms with van der Waals surface area (Å²) in [5, 5.41) is 2.68. The molecule has 0 spiro atoms. The van der Waals surface area contributed by atoms with Crippen molar-refractivity contribution >= 4 is 29.2 Å². The highest BCUT2D eigenvalue weighted by Gasteiger charge is 2.14. The van der Waals surface area contributed by atoms with Gasteiger partial charge in [0, 0.05) is 0 Å². The van der Waals surface area contributed by atoms with Crippen LogP contribution < -0.4 is 5.32 Å². The molecule has 1 N–H and O–H groups in total. The van der Waals surface area contributed by atoms with Crippen LogP contribution in [0.15, 0.2) is 18.2 Å². The molecule has 1 aromatic rings. The number of rotatable bonds is 6. The molecule has 1 aromatic carbocycles. The Morgan fingerprint density at radius 1 is 1.40 bits per heavy atom. The van der Waals surface area contributed by atoms with Crippen LogP contribution >= 0.6 is 11.6 Å². The van der Waals surface area contributed by atoms with E-state index in [-0.39, 0.29) is 24.0 Å². The Balaban J connectivity index is 2.59. The molecule has 0 aliphatic rings. The van der Waals surface area contributed by atoms with Crippen molar-refractivity contribution in [2.24, 2.45) is 0 Å². The van der Waals surface area contributed by atoms with E-state index in [0.29, 0.717) is 12.2 Å². The zero-order valence-electron chi connectivity index (χ0n) is 11.3. The number of amides is 1. The lowest BCUT2D eigenvalue weighted by atomic mass is 10.3. The van der Waals surface area contributed by atoms with Gasteiger partial charge >= 0.3 is 5.97 Å². The molecular formula is C13H16ClFN2O3. The van der Waals surface area contributed by atoms with Crippen LogP contribution in [0.1, 0.15) is 6.92 Å². The fourth-order valence-electron chi connectivity index (χ4n) is 1.51. The molecule has 0 aromatic heterocycles. The Kier molecular flexibility index (Phi) is 6.41. The van der Waals surface area contributed by atoms with E-state index in [9.17, 15) is 14.0 Å². The average Bonchev–Trinajstić information content (AvgIpc) is 2.41. The highest BCUT2D eigenvalue weighted by atomic mass is 35.5. The third-order valence-corrected chi connectivity index (χ3v) is 2.91. The number of hydrogen-bond donors (Lipinski definition) is 1. The number of esters is 1. The highest BCUT2D eigenvalue weighted by Crippen LogP contribution is 2.22. The largest absolute Gasteiger partial charge is 0.468 e. The zero-order chi connectivity index (χ0) is 15.1. The minimum atomic E-state index is -0.478. The van der Waals surface area contributed by atoms with Crippen LogP contribution in [-0.4, -0.2) is 43.5 Å². The van der Waals surface area contributed by atoms with Crippen LogP contribution in [0.5, 0.6) is 0 Å². The van der Waals surface area contributed by atoms with Gasteiger partial charge in [0.05, 0.1) is 30.9 Å². The second kappa shape index (κ2) is 7.81. The van der Waals surface area contributed by atoms with E-state index < -0.39 is 11.8 Å². The molecule has 7 heteroatoms. The van der Waals surface area contributed by atoms with E-state index in [0.717, 1.165) is 6.07 Å². The maximum Gasteiger partial charge on any atom is 0.319 e. The smallest absolute Gasteiger partial charge is 0.319 e. The van der Waals surface area contributed by atoms with Crippen LogP contribution in [0.4, 0.5) is 10.1 Å². The zero-order valence-corrected chi connectivity index (χ0v) is 12.0. The number of carbonyl (C=O) groups excluding carboxylic acids is 2. The summed E-state index contributed by atoms with van der Waals surface area (Å²) in [5.41, 5.74) is 0.326. The van der Waals surface area contributed by atoms with Gasteiger partial charge in [0.25, 0.3) is 0 Å². The summed E-state index contributed by atoms with van der Waals surface area (Å²) in [5.74, 6) is -1.24. The molecule has 0 bridgehead atoms. The molecule has 0 saturated heterocycles. The molecule has 1 rings (SSSR count). The third-order valence-electron chi connectivity index (χ3n) is 2.60. The van der Waals surface area contributed by atoms with Crippen LogP contribution in [0.3, 0.4) is 0 Å². The van der Waals surface area contributed by atoms with E-state index in [4.69, 9.17) is 11.6 Å². The second-order valence-electron chi connectivity index (χ2n) is 4.05. The van der Waals surface area contributed by atoms with Crippen LogP contribution in [-0.2, 0) is 14.3 Å². The number of methoxy groups -OCH3 is 1. The number of nitrogens with one attached hydrogen (secondary N) is 1. The summed E-state index contributed by atoms with van der Waals surface area (Å²) in [6, 6.07) is 3.70. The van der Waals surface area contributed by atoms with Gasteiger partial charge in [-0.05, 0) is 24.7 Å². The Morgan fingerprint density at radius 3 is 2.65 bits per heavy atom. The number of ether oxygens (including phenoxy) is 1.